The average molecular weight is 487 g/mol. The zero-order chi connectivity index (χ0) is 22.6. The summed E-state index contributed by atoms with van der Waals surface area (Å²) >= 11 is 3.99. The lowest BCUT2D eigenvalue weighted by atomic mass is 9.63. The number of rotatable bonds is 7. The molecule has 0 bridgehead atoms. The van der Waals surface area contributed by atoms with E-state index < -0.39 is 5.97 Å². The SMILES string of the molecule is CC(C)=CCC/C(C)=C/CC[C@@]1(C)[C@@H]2Cc3cc(C(=O)O)ccc3OCC2=CC[C@@H]1Br. The molecule has 31 heavy (non-hydrogen) atoms. The highest BCUT2D eigenvalue weighted by Crippen LogP contribution is 2.51. The summed E-state index contributed by atoms with van der Waals surface area (Å²) in [6, 6.07) is 5.25. The van der Waals surface area contributed by atoms with Gasteiger partial charge in [-0.15, -0.1) is 0 Å². The third-order valence-corrected chi connectivity index (χ3v) is 8.36. The van der Waals surface area contributed by atoms with Gasteiger partial charge in [0.15, 0.2) is 0 Å². The molecule has 3 atom stereocenters. The van der Waals surface area contributed by atoms with Crippen LogP contribution in [-0.4, -0.2) is 22.5 Å². The molecule has 0 fully saturated rings. The van der Waals surface area contributed by atoms with Gasteiger partial charge in [-0.05, 0) is 100.0 Å². The maximum atomic E-state index is 11.5. The van der Waals surface area contributed by atoms with Gasteiger partial charge in [-0.25, -0.2) is 4.79 Å². The van der Waals surface area contributed by atoms with Crippen LogP contribution in [0.15, 0.2) is 53.1 Å². The number of halogens is 1. The number of benzene rings is 1. The van der Waals surface area contributed by atoms with Crippen LogP contribution in [0.3, 0.4) is 0 Å². The van der Waals surface area contributed by atoms with E-state index in [0.717, 1.165) is 49.8 Å². The Labute approximate surface area is 195 Å². The van der Waals surface area contributed by atoms with Gasteiger partial charge in [-0.2, -0.15) is 0 Å². The molecule has 0 radical (unpaired) electrons. The number of aromatic carboxylic acids is 1. The lowest BCUT2D eigenvalue weighted by Gasteiger charge is -2.45. The van der Waals surface area contributed by atoms with Crippen molar-refractivity contribution in [3.63, 3.8) is 0 Å². The zero-order valence-electron chi connectivity index (χ0n) is 19.2. The predicted molar refractivity (Wildman–Crippen MR) is 131 cm³/mol. The van der Waals surface area contributed by atoms with E-state index in [1.54, 1.807) is 12.1 Å². The van der Waals surface area contributed by atoms with E-state index >= 15 is 0 Å². The highest BCUT2D eigenvalue weighted by Gasteiger charge is 2.44. The number of fused-ring (bicyclic) bond motifs is 2. The maximum absolute atomic E-state index is 11.5. The Morgan fingerprint density at radius 1 is 1.26 bits per heavy atom. The third-order valence-electron chi connectivity index (χ3n) is 6.94. The van der Waals surface area contributed by atoms with Crippen molar-refractivity contribution < 1.29 is 14.6 Å². The fraction of sp³-hybridized carbons (Fsp3) is 0.519. The number of carboxylic acids is 1. The molecule has 0 aromatic heterocycles. The Hall–Kier alpha value is -1.81. The summed E-state index contributed by atoms with van der Waals surface area (Å²) in [5.74, 6) is 0.278. The molecule has 1 aromatic rings. The Balaban J connectivity index is 1.78. The van der Waals surface area contributed by atoms with E-state index in [9.17, 15) is 9.90 Å². The van der Waals surface area contributed by atoms with Crippen molar-refractivity contribution in [1.82, 2.24) is 0 Å². The van der Waals surface area contributed by atoms with Crippen LogP contribution < -0.4 is 4.74 Å². The Kier molecular flexibility index (Phi) is 7.85. The monoisotopic (exact) mass is 486 g/mol. The number of carbonyl (C=O) groups is 1. The van der Waals surface area contributed by atoms with Gasteiger partial charge in [0, 0.05) is 4.83 Å². The summed E-state index contributed by atoms with van der Waals surface area (Å²) in [7, 11) is 0. The molecule has 0 amide bonds. The highest BCUT2D eigenvalue weighted by molar-refractivity contribution is 9.09. The van der Waals surface area contributed by atoms with Gasteiger partial charge in [-0.1, -0.05) is 52.2 Å². The van der Waals surface area contributed by atoms with Crippen LogP contribution >= 0.6 is 15.9 Å². The number of ether oxygens (including phenoxy) is 1. The van der Waals surface area contributed by atoms with Gasteiger partial charge >= 0.3 is 5.97 Å². The smallest absolute Gasteiger partial charge is 0.335 e. The summed E-state index contributed by atoms with van der Waals surface area (Å²) in [6.45, 7) is 9.53. The first-order valence-corrected chi connectivity index (χ1v) is 12.2. The number of carboxylic acid groups (broad SMARTS) is 1. The second kappa shape index (κ2) is 10.2. The molecule has 1 aliphatic heterocycles. The highest BCUT2D eigenvalue weighted by atomic mass is 79.9. The second-order valence-electron chi connectivity index (χ2n) is 9.57. The van der Waals surface area contributed by atoms with Crippen LogP contribution in [-0.2, 0) is 6.42 Å². The molecule has 1 N–H and O–H groups in total. The van der Waals surface area contributed by atoms with Crippen LogP contribution in [0.2, 0.25) is 0 Å². The molecule has 1 aliphatic carbocycles. The fourth-order valence-electron chi connectivity index (χ4n) is 4.88. The minimum absolute atomic E-state index is 0.0883. The van der Waals surface area contributed by atoms with Crippen molar-refractivity contribution in [2.75, 3.05) is 6.61 Å². The van der Waals surface area contributed by atoms with Crippen molar-refractivity contribution in [3.8, 4) is 5.75 Å². The molecule has 4 heteroatoms. The normalized spacial score (nSPS) is 25.5. The Morgan fingerprint density at radius 3 is 2.74 bits per heavy atom. The first-order valence-electron chi connectivity index (χ1n) is 11.3. The molecule has 3 rings (SSSR count). The molecule has 168 valence electrons. The molecule has 0 saturated carbocycles. The van der Waals surface area contributed by atoms with Gasteiger partial charge in [0.1, 0.15) is 12.4 Å². The van der Waals surface area contributed by atoms with E-state index in [4.69, 9.17) is 4.74 Å². The van der Waals surface area contributed by atoms with E-state index in [1.807, 2.05) is 6.07 Å². The molecule has 1 aromatic carbocycles. The first kappa shape index (κ1) is 23.8. The van der Waals surface area contributed by atoms with E-state index in [0.29, 0.717) is 22.9 Å². The summed E-state index contributed by atoms with van der Waals surface area (Å²) in [5, 5.41) is 9.42. The van der Waals surface area contributed by atoms with Crippen LogP contribution in [0.5, 0.6) is 5.75 Å². The summed E-state index contributed by atoms with van der Waals surface area (Å²) in [6.07, 6.45) is 13.3. The van der Waals surface area contributed by atoms with Gasteiger partial charge in [-0.3, -0.25) is 0 Å². The molecule has 0 unspecified atom stereocenters. The lowest BCUT2D eigenvalue weighted by Crippen LogP contribution is -2.41. The third kappa shape index (κ3) is 5.71. The minimum Gasteiger partial charge on any atom is -0.489 e. The van der Waals surface area contributed by atoms with Gasteiger partial charge in [0.25, 0.3) is 0 Å². The minimum atomic E-state index is -0.888. The zero-order valence-corrected chi connectivity index (χ0v) is 20.8. The first-order chi connectivity index (χ1) is 14.7. The largest absolute Gasteiger partial charge is 0.489 e. The van der Waals surface area contributed by atoms with E-state index in [1.165, 1.54) is 16.7 Å². The quantitative estimate of drug-likeness (QED) is 0.320. The van der Waals surface area contributed by atoms with Crippen LogP contribution in [0, 0.1) is 11.3 Å². The number of allylic oxidation sites excluding steroid dienone is 5. The lowest BCUT2D eigenvalue weighted by molar-refractivity contribution is 0.0696. The molecule has 0 spiro atoms. The summed E-state index contributed by atoms with van der Waals surface area (Å²) < 4.78 is 6.09. The molecular formula is C27H35BrO3. The Morgan fingerprint density at radius 2 is 2.03 bits per heavy atom. The maximum Gasteiger partial charge on any atom is 0.335 e. The van der Waals surface area contributed by atoms with Crippen LogP contribution in [0.25, 0.3) is 0 Å². The van der Waals surface area contributed by atoms with Crippen LogP contribution in [0.1, 0.15) is 75.7 Å². The van der Waals surface area contributed by atoms with Crippen molar-refractivity contribution in [3.05, 3.63) is 64.3 Å². The summed E-state index contributed by atoms with van der Waals surface area (Å²) in [4.78, 5) is 11.9. The standard InChI is InChI=1S/C27H35BrO3/c1-18(2)7-5-8-19(3)9-6-14-27(4)23-16-22-15-20(26(29)30)10-12-24(22)31-17-21(23)11-13-25(27)28/h7,9-12,15,23,25H,5-6,8,13-14,16-17H2,1-4H3,(H,29,30)/b19-9+/t23-,25+,27+/m1/s1. The summed E-state index contributed by atoms with van der Waals surface area (Å²) in [5.41, 5.74) is 5.62. The fourth-order valence-corrected chi connectivity index (χ4v) is 5.61. The van der Waals surface area contributed by atoms with Gasteiger partial charge < -0.3 is 9.84 Å². The van der Waals surface area contributed by atoms with Crippen molar-refractivity contribution >= 4 is 21.9 Å². The second-order valence-corrected chi connectivity index (χ2v) is 10.7. The average Bonchev–Trinajstić information content (AvgIpc) is 2.90. The number of hydrogen-bond acceptors (Lipinski definition) is 2. The van der Waals surface area contributed by atoms with Gasteiger partial charge in [0.05, 0.1) is 5.56 Å². The topological polar surface area (TPSA) is 46.5 Å². The van der Waals surface area contributed by atoms with Crippen LogP contribution in [0.4, 0.5) is 0 Å². The molecule has 3 nitrogen and oxygen atoms in total. The molecular weight excluding hydrogens is 452 g/mol. The number of hydrogen-bond donors (Lipinski definition) is 1. The van der Waals surface area contributed by atoms with Crippen molar-refractivity contribution in [1.29, 1.82) is 0 Å². The van der Waals surface area contributed by atoms with Crippen molar-refractivity contribution in [2.45, 2.75) is 71.0 Å². The van der Waals surface area contributed by atoms with E-state index in [2.05, 4.69) is 61.9 Å². The van der Waals surface area contributed by atoms with Gasteiger partial charge in [0.2, 0.25) is 0 Å². The van der Waals surface area contributed by atoms with Crippen molar-refractivity contribution in [2.24, 2.45) is 11.3 Å². The molecule has 1 heterocycles. The predicted octanol–water partition coefficient (Wildman–Crippen LogP) is 7.51. The van der Waals surface area contributed by atoms with E-state index in [-0.39, 0.29) is 5.41 Å². The molecule has 0 saturated heterocycles. The number of alkyl halides is 1. The Bertz CT molecular complexity index is 907. The molecule has 2 aliphatic rings.